The van der Waals surface area contributed by atoms with Crippen LogP contribution in [0.1, 0.15) is 5.69 Å². The second-order valence-electron chi connectivity index (χ2n) is 2.95. The van der Waals surface area contributed by atoms with Crippen LogP contribution >= 0.6 is 11.8 Å². The summed E-state index contributed by atoms with van der Waals surface area (Å²) in [4.78, 5) is 4.17. The first kappa shape index (κ1) is 11.2. The summed E-state index contributed by atoms with van der Waals surface area (Å²) in [6.07, 6.45) is 3.84. The molecule has 0 aliphatic heterocycles. The summed E-state index contributed by atoms with van der Waals surface area (Å²) >= 11 is 1.82. The lowest BCUT2D eigenvalue weighted by molar-refractivity contribution is 0.414. The minimum absolute atomic E-state index is 0.803. The minimum atomic E-state index is 0.803. The van der Waals surface area contributed by atoms with Crippen LogP contribution in [-0.4, -0.2) is 30.6 Å². The predicted molar refractivity (Wildman–Crippen MR) is 62.4 cm³/mol. The molecule has 0 saturated heterocycles. The summed E-state index contributed by atoms with van der Waals surface area (Å²) in [5.41, 5.74) is 2.02. The van der Waals surface area contributed by atoms with Gasteiger partial charge in [-0.3, -0.25) is 4.98 Å². The summed E-state index contributed by atoms with van der Waals surface area (Å²) in [5.74, 6) is 1.89. The predicted octanol–water partition coefficient (Wildman–Crippen LogP) is 2.17. The number of ether oxygens (including phenoxy) is 1. The number of aromatic nitrogens is 1. The molecule has 0 radical (unpaired) electrons. The number of anilines is 1. The van der Waals surface area contributed by atoms with E-state index in [9.17, 15) is 0 Å². The van der Waals surface area contributed by atoms with E-state index >= 15 is 0 Å². The van der Waals surface area contributed by atoms with Gasteiger partial charge in [0.25, 0.3) is 0 Å². The smallest absolute Gasteiger partial charge is 0.160 e. The molecule has 1 aromatic rings. The molecule has 14 heavy (non-hydrogen) atoms. The fraction of sp³-hybridized carbons (Fsp3) is 0.500. The van der Waals surface area contributed by atoms with Gasteiger partial charge in [0, 0.05) is 18.0 Å². The number of nitrogens with one attached hydrogen (secondary N) is 1. The zero-order valence-electron chi connectivity index (χ0n) is 8.83. The van der Waals surface area contributed by atoms with Gasteiger partial charge in [0.1, 0.15) is 0 Å². The Morgan fingerprint density at radius 3 is 3.00 bits per heavy atom. The minimum Gasteiger partial charge on any atom is -0.493 e. The largest absolute Gasteiger partial charge is 0.493 e. The van der Waals surface area contributed by atoms with E-state index in [4.69, 9.17) is 4.74 Å². The van der Waals surface area contributed by atoms with Crippen LogP contribution in [0.3, 0.4) is 0 Å². The van der Waals surface area contributed by atoms with Gasteiger partial charge in [-0.1, -0.05) is 0 Å². The normalized spacial score (nSPS) is 9.93. The van der Waals surface area contributed by atoms with E-state index in [-0.39, 0.29) is 0 Å². The van der Waals surface area contributed by atoms with Crippen LogP contribution in [0.25, 0.3) is 0 Å². The van der Waals surface area contributed by atoms with E-state index in [0.717, 1.165) is 29.4 Å². The highest BCUT2D eigenvalue weighted by atomic mass is 32.2. The third-order valence-corrected chi connectivity index (χ3v) is 2.46. The molecule has 4 heteroatoms. The lowest BCUT2D eigenvalue weighted by atomic mass is 10.3. The number of pyridine rings is 1. The molecule has 0 aromatic carbocycles. The van der Waals surface area contributed by atoms with Gasteiger partial charge in [0.05, 0.1) is 19.0 Å². The van der Waals surface area contributed by atoms with Crippen molar-refractivity contribution in [1.29, 1.82) is 0 Å². The Balaban J connectivity index is 2.67. The number of thioether (sulfide) groups is 1. The molecule has 3 nitrogen and oxygen atoms in total. The fourth-order valence-corrected chi connectivity index (χ4v) is 1.44. The third-order valence-electron chi connectivity index (χ3n) is 1.85. The van der Waals surface area contributed by atoms with Gasteiger partial charge in [0.2, 0.25) is 0 Å². The van der Waals surface area contributed by atoms with Crippen molar-refractivity contribution in [2.45, 2.75) is 6.92 Å². The van der Waals surface area contributed by atoms with Crippen LogP contribution in [0.4, 0.5) is 5.69 Å². The molecule has 1 heterocycles. The van der Waals surface area contributed by atoms with Crippen LogP contribution in [-0.2, 0) is 0 Å². The summed E-state index contributed by atoms with van der Waals surface area (Å²) in [6.45, 7) is 2.92. The molecule has 0 aliphatic rings. The van der Waals surface area contributed by atoms with Crippen molar-refractivity contribution in [2.75, 3.05) is 31.0 Å². The Bertz CT molecular complexity index is 291. The molecule has 0 amide bonds. The molecule has 0 spiro atoms. The molecule has 0 bridgehead atoms. The molecule has 78 valence electrons. The Kier molecular flexibility index (Phi) is 4.59. The lowest BCUT2D eigenvalue weighted by Crippen LogP contribution is -2.05. The second kappa shape index (κ2) is 5.75. The summed E-state index contributed by atoms with van der Waals surface area (Å²) in [7, 11) is 1.66. The van der Waals surface area contributed by atoms with E-state index in [1.54, 1.807) is 13.3 Å². The zero-order valence-corrected chi connectivity index (χ0v) is 9.65. The van der Waals surface area contributed by atoms with E-state index < -0.39 is 0 Å². The van der Waals surface area contributed by atoms with E-state index in [1.807, 2.05) is 24.8 Å². The molecular formula is C10H16N2OS. The van der Waals surface area contributed by atoms with Gasteiger partial charge in [-0.15, -0.1) is 0 Å². The van der Waals surface area contributed by atoms with Crippen LogP contribution in [0, 0.1) is 6.92 Å². The van der Waals surface area contributed by atoms with Crippen molar-refractivity contribution < 1.29 is 4.74 Å². The standard InChI is InChI=1S/C10H16N2OS/c1-8-6-9(11-4-5-14-3)10(13-2)7-12-8/h6-7H,4-5H2,1-3H3,(H,11,12). The molecule has 0 fully saturated rings. The van der Waals surface area contributed by atoms with Gasteiger partial charge >= 0.3 is 0 Å². The van der Waals surface area contributed by atoms with Crippen LogP contribution in [0.15, 0.2) is 12.3 Å². The fourth-order valence-electron chi connectivity index (χ4n) is 1.14. The number of rotatable bonds is 5. The molecule has 0 unspecified atom stereocenters. The maximum absolute atomic E-state index is 5.20. The van der Waals surface area contributed by atoms with Crippen molar-refractivity contribution >= 4 is 17.4 Å². The Morgan fingerprint density at radius 1 is 1.57 bits per heavy atom. The second-order valence-corrected chi connectivity index (χ2v) is 3.93. The SMILES string of the molecule is COc1cnc(C)cc1NCCSC. The molecule has 1 aromatic heterocycles. The number of hydrogen-bond donors (Lipinski definition) is 1. The first-order valence-electron chi connectivity index (χ1n) is 4.51. The lowest BCUT2D eigenvalue weighted by Gasteiger charge is -2.10. The maximum atomic E-state index is 5.20. The number of methoxy groups -OCH3 is 1. The molecule has 1 rings (SSSR count). The number of aryl methyl sites for hydroxylation is 1. The van der Waals surface area contributed by atoms with Crippen molar-refractivity contribution in [3.05, 3.63) is 18.0 Å². The maximum Gasteiger partial charge on any atom is 0.160 e. The van der Waals surface area contributed by atoms with Crippen molar-refractivity contribution in [3.63, 3.8) is 0 Å². The van der Waals surface area contributed by atoms with Gasteiger partial charge in [-0.05, 0) is 19.2 Å². The van der Waals surface area contributed by atoms with Gasteiger partial charge in [-0.2, -0.15) is 11.8 Å². The number of nitrogens with zero attached hydrogens (tertiary/aromatic N) is 1. The Labute approximate surface area is 89.3 Å². The highest BCUT2D eigenvalue weighted by Crippen LogP contribution is 2.23. The van der Waals surface area contributed by atoms with Crippen LogP contribution in [0.5, 0.6) is 5.75 Å². The van der Waals surface area contributed by atoms with Gasteiger partial charge in [-0.25, -0.2) is 0 Å². The highest BCUT2D eigenvalue weighted by Gasteiger charge is 2.02. The number of hydrogen-bond acceptors (Lipinski definition) is 4. The Hall–Kier alpha value is -0.900. The average Bonchev–Trinajstić information content (AvgIpc) is 2.19. The molecular weight excluding hydrogens is 196 g/mol. The van der Waals surface area contributed by atoms with Crippen molar-refractivity contribution in [3.8, 4) is 5.75 Å². The van der Waals surface area contributed by atoms with Crippen molar-refractivity contribution in [2.24, 2.45) is 0 Å². The monoisotopic (exact) mass is 212 g/mol. The first-order chi connectivity index (χ1) is 6.77. The van der Waals surface area contributed by atoms with Crippen molar-refractivity contribution in [1.82, 2.24) is 4.98 Å². The average molecular weight is 212 g/mol. The summed E-state index contributed by atoms with van der Waals surface area (Å²) < 4.78 is 5.20. The molecule has 0 atom stereocenters. The van der Waals surface area contributed by atoms with Gasteiger partial charge < -0.3 is 10.1 Å². The molecule has 0 saturated carbocycles. The quantitative estimate of drug-likeness (QED) is 0.759. The van der Waals surface area contributed by atoms with E-state index in [0.29, 0.717) is 0 Å². The van der Waals surface area contributed by atoms with Crippen LogP contribution in [0.2, 0.25) is 0 Å². The van der Waals surface area contributed by atoms with E-state index in [2.05, 4.69) is 16.6 Å². The van der Waals surface area contributed by atoms with Crippen LogP contribution < -0.4 is 10.1 Å². The highest BCUT2D eigenvalue weighted by molar-refractivity contribution is 7.98. The van der Waals surface area contributed by atoms with Gasteiger partial charge in [0.15, 0.2) is 5.75 Å². The summed E-state index contributed by atoms with van der Waals surface area (Å²) in [5, 5.41) is 3.32. The first-order valence-corrected chi connectivity index (χ1v) is 5.90. The topological polar surface area (TPSA) is 34.1 Å². The molecule has 1 N–H and O–H groups in total. The van der Waals surface area contributed by atoms with E-state index in [1.165, 1.54) is 0 Å². The Morgan fingerprint density at radius 2 is 2.36 bits per heavy atom. The molecule has 0 aliphatic carbocycles. The zero-order chi connectivity index (χ0) is 10.4. The summed E-state index contributed by atoms with van der Waals surface area (Å²) in [6, 6.07) is 2.00. The third kappa shape index (κ3) is 3.10.